The van der Waals surface area contributed by atoms with Gasteiger partial charge < -0.3 is 19.7 Å². The van der Waals surface area contributed by atoms with Gasteiger partial charge in [0.2, 0.25) is 5.91 Å². The van der Waals surface area contributed by atoms with E-state index in [1.807, 2.05) is 0 Å². The van der Waals surface area contributed by atoms with E-state index in [2.05, 4.69) is 5.32 Å². The fourth-order valence-corrected chi connectivity index (χ4v) is 2.51. The summed E-state index contributed by atoms with van der Waals surface area (Å²) >= 11 is 6.03. The number of rotatable bonds is 4. The Morgan fingerprint density at radius 3 is 2.86 bits per heavy atom. The molecule has 0 radical (unpaired) electrons. The minimum atomic E-state index is -1.24. The van der Waals surface area contributed by atoms with E-state index in [0.717, 1.165) is 0 Å². The molecule has 1 unspecified atom stereocenters. The highest BCUT2D eigenvalue weighted by Gasteiger charge is 2.38. The Labute approximate surface area is 133 Å². The van der Waals surface area contributed by atoms with Gasteiger partial charge in [0.05, 0.1) is 12.5 Å². The molecule has 22 heavy (non-hydrogen) atoms. The molecule has 118 valence electrons. The number of amides is 1. The summed E-state index contributed by atoms with van der Waals surface area (Å²) in [5, 5.41) is 13.1. The lowest BCUT2D eigenvalue weighted by Gasteiger charge is -2.29. The first-order valence-corrected chi connectivity index (χ1v) is 7.47. The number of hydrogen-bond donors (Lipinski definition) is 2. The maximum absolute atomic E-state index is 12.0. The molecule has 0 spiro atoms. The van der Waals surface area contributed by atoms with Crippen molar-refractivity contribution >= 4 is 30.6 Å². The van der Waals surface area contributed by atoms with Crippen LogP contribution in [-0.4, -0.2) is 36.6 Å². The zero-order valence-electron chi connectivity index (χ0n) is 12.4. The topological polar surface area (TPSA) is 84.9 Å². The zero-order chi connectivity index (χ0) is 16.3. The highest BCUT2D eigenvalue weighted by molar-refractivity contribution is 6.47. The summed E-state index contributed by atoms with van der Waals surface area (Å²) in [4.78, 5) is 23.5. The number of benzene rings is 1. The lowest BCUT2D eigenvalue weighted by Crippen LogP contribution is -2.53. The molecule has 2 N–H and O–H groups in total. The van der Waals surface area contributed by atoms with Crippen LogP contribution in [0.2, 0.25) is 5.02 Å². The van der Waals surface area contributed by atoms with Crippen LogP contribution in [-0.2, 0) is 16.0 Å². The number of fused-ring (bicyclic) bond motifs is 1. The first-order chi connectivity index (χ1) is 10.5. The van der Waals surface area contributed by atoms with Gasteiger partial charge in [0.25, 0.3) is 0 Å². The van der Waals surface area contributed by atoms with Crippen molar-refractivity contribution in [3.8, 4) is 5.75 Å². The molecule has 1 atom stereocenters. The van der Waals surface area contributed by atoms with E-state index in [1.165, 1.54) is 6.07 Å². The van der Waals surface area contributed by atoms with E-state index in [9.17, 15) is 14.6 Å². The standard InChI is InChI=1S/C14H17BClNO5/c1-3-12(18)17-11-6-8-5-9(16)7-10(14(19)21-4-2)13(8)22-15(11)20/h5,7,11,20H,3-4,6H2,1-2H3,(H,17,18). The highest BCUT2D eigenvalue weighted by atomic mass is 35.5. The van der Waals surface area contributed by atoms with E-state index in [-0.39, 0.29) is 23.8 Å². The minimum Gasteiger partial charge on any atom is -0.534 e. The molecule has 1 heterocycles. The number of esters is 1. The number of hydrogen-bond acceptors (Lipinski definition) is 5. The summed E-state index contributed by atoms with van der Waals surface area (Å²) in [6.07, 6.45) is 0.620. The predicted molar refractivity (Wildman–Crippen MR) is 81.9 cm³/mol. The Kier molecular flexibility index (Phi) is 5.31. The normalized spacial score (nSPS) is 16.5. The van der Waals surface area contributed by atoms with E-state index in [1.54, 1.807) is 19.9 Å². The maximum Gasteiger partial charge on any atom is 0.547 e. The first kappa shape index (κ1) is 16.6. The van der Waals surface area contributed by atoms with Crippen LogP contribution >= 0.6 is 11.6 Å². The molecule has 1 aliphatic rings. The van der Waals surface area contributed by atoms with Crippen LogP contribution < -0.4 is 9.97 Å². The lowest BCUT2D eigenvalue weighted by atomic mass is 9.72. The van der Waals surface area contributed by atoms with Crippen molar-refractivity contribution in [1.29, 1.82) is 0 Å². The minimum absolute atomic E-state index is 0.170. The van der Waals surface area contributed by atoms with Crippen molar-refractivity contribution in [3.05, 3.63) is 28.3 Å². The largest absolute Gasteiger partial charge is 0.547 e. The molecule has 0 saturated heterocycles. The summed E-state index contributed by atoms with van der Waals surface area (Å²) in [6, 6.07) is 3.09. The molecule has 8 heteroatoms. The molecule has 1 aromatic carbocycles. The smallest absolute Gasteiger partial charge is 0.534 e. The number of carbonyl (C=O) groups excluding carboxylic acids is 2. The Balaban J connectivity index is 2.32. The quantitative estimate of drug-likeness (QED) is 0.645. The van der Waals surface area contributed by atoms with Gasteiger partial charge in [-0.25, -0.2) is 4.79 Å². The third-order valence-electron chi connectivity index (χ3n) is 3.32. The predicted octanol–water partition coefficient (Wildman–Crippen LogP) is 1.37. The Bertz CT molecular complexity index is 595. The van der Waals surface area contributed by atoms with Crippen LogP contribution in [0.15, 0.2) is 12.1 Å². The van der Waals surface area contributed by atoms with E-state index < -0.39 is 19.0 Å². The van der Waals surface area contributed by atoms with E-state index in [4.69, 9.17) is 21.0 Å². The van der Waals surface area contributed by atoms with E-state index >= 15 is 0 Å². The third-order valence-corrected chi connectivity index (χ3v) is 3.53. The summed E-state index contributed by atoms with van der Waals surface area (Å²) in [5.74, 6) is -1.10. The van der Waals surface area contributed by atoms with Crippen LogP contribution in [0.4, 0.5) is 0 Å². The molecule has 2 rings (SSSR count). The van der Waals surface area contributed by atoms with Gasteiger partial charge in [-0.05, 0) is 31.0 Å². The SMILES string of the molecule is CCOC(=O)c1cc(Cl)cc2c1OB(O)C(NC(=O)CC)C2. The van der Waals surface area contributed by atoms with Crippen molar-refractivity contribution in [3.63, 3.8) is 0 Å². The molecule has 1 aromatic rings. The molecule has 0 aliphatic carbocycles. The monoisotopic (exact) mass is 325 g/mol. The number of carbonyl (C=O) groups is 2. The van der Waals surface area contributed by atoms with Crippen molar-refractivity contribution in [2.75, 3.05) is 6.61 Å². The van der Waals surface area contributed by atoms with Crippen molar-refractivity contribution in [2.45, 2.75) is 32.6 Å². The number of ether oxygens (including phenoxy) is 1. The molecule has 0 aromatic heterocycles. The lowest BCUT2D eigenvalue weighted by molar-refractivity contribution is -0.121. The molecule has 0 saturated carbocycles. The Hall–Kier alpha value is -1.73. The molecule has 0 bridgehead atoms. The van der Waals surface area contributed by atoms with Gasteiger partial charge >= 0.3 is 13.1 Å². The molecule has 0 fully saturated rings. The second-order valence-corrected chi connectivity index (χ2v) is 5.34. The molecule has 1 amide bonds. The fourth-order valence-electron chi connectivity index (χ4n) is 2.27. The van der Waals surface area contributed by atoms with Crippen LogP contribution in [0, 0.1) is 0 Å². The number of halogens is 1. The first-order valence-electron chi connectivity index (χ1n) is 7.09. The maximum atomic E-state index is 12.0. The molecular formula is C14H17BClNO5. The van der Waals surface area contributed by atoms with Gasteiger partial charge in [0.15, 0.2) is 0 Å². The summed E-state index contributed by atoms with van der Waals surface area (Å²) in [6.45, 7) is 3.63. The van der Waals surface area contributed by atoms with Crippen LogP contribution in [0.3, 0.4) is 0 Å². The van der Waals surface area contributed by atoms with Gasteiger partial charge in [-0.2, -0.15) is 0 Å². The Morgan fingerprint density at radius 1 is 1.50 bits per heavy atom. The van der Waals surface area contributed by atoms with Gasteiger partial charge in [-0.1, -0.05) is 18.5 Å². The van der Waals surface area contributed by atoms with Crippen molar-refractivity contribution < 1.29 is 24.0 Å². The van der Waals surface area contributed by atoms with Crippen LogP contribution in [0.1, 0.15) is 36.2 Å². The van der Waals surface area contributed by atoms with Crippen LogP contribution in [0.5, 0.6) is 5.75 Å². The third kappa shape index (κ3) is 3.54. The zero-order valence-corrected chi connectivity index (χ0v) is 13.1. The second kappa shape index (κ2) is 7.02. The second-order valence-electron chi connectivity index (χ2n) is 4.90. The average molecular weight is 326 g/mol. The van der Waals surface area contributed by atoms with Gasteiger partial charge in [0, 0.05) is 11.4 Å². The number of nitrogens with one attached hydrogen (secondary N) is 1. The average Bonchev–Trinajstić information content (AvgIpc) is 2.47. The summed E-state index contributed by atoms with van der Waals surface area (Å²) in [5.41, 5.74) is 0.811. The van der Waals surface area contributed by atoms with E-state index in [0.29, 0.717) is 23.4 Å². The van der Waals surface area contributed by atoms with Crippen molar-refractivity contribution in [2.24, 2.45) is 0 Å². The fraction of sp³-hybridized carbons (Fsp3) is 0.429. The van der Waals surface area contributed by atoms with Crippen molar-refractivity contribution in [1.82, 2.24) is 5.32 Å². The van der Waals surface area contributed by atoms with Gasteiger partial charge in [0.1, 0.15) is 11.3 Å². The van der Waals surface area contributed by atoms with Gasteiger partial charge in [-0.3, -0.25) is 4.79 Å². The molecular weight excluding hydrogens is 308 g/mol. The highest BCUT2D eigenvalue weighted by Crippen LogP contribution is 2.33. The Morgan fingerprint density at radius 2 is 2.23 bits per heavy atom. The van der Waals surface area contributed by atoms with Gasteiger partial charge in [-0.15, -0.1) is 0 Å². The van der Waals surface area contributed by atoms with Crippen LogP contribution in [0.25, 0.3) is 0 Å². The molecule has 6 nitrogen and oxygen atoms in total. The molecule has 1 aliphatic heterocycles. The summed E-state index contributed by atoms with van der Waals surface area (Å²) in [7, 11) is -1.24. The summed E-state index contributed by atoms with van der Waals surface area (Å²) < 4.78 is 10.4.